The molecule has 0 unspecified atom stereocenters. The number of amides is 1. The van der Waals surface area contributed by atoms with Gasteiger partial charge in [-0.25, -0.2) is 14.4 Å². The van der Waals surface area contributed by atoms with Crippen molar-refractivity contribution < 1.29 is 13.7 Å². The summed E-state index contributed by atoms with van der Waals surface area (Å²) in [5.41, 5.74) is 2.28. The first-order valence-corrected chi connectivity index (χ1v) is 9.44. The number of halogens is 2. The monoisotopic (exact) mass is 422 g/mol. The highest BCUT2D eigenvalue weighted by molar-refractivity contribution is 6.33. The van der Waals surface area contributed by atoms with E-state index in [4.69, 9.17) is 16.1 Å². The molecule has 6 nitrogen and oxygen atoms in total. The molecule has 1 N–H and O–H groups in total. The molecule has 4 aromatic rings. The number of anilines is 1. The lowest BCUT2D eigenvalue weighted by molar-refractivity contribution is 0.102. The second-order valence-corrected chi connectivity index (χ2v) is 6.99. The van der Waals surface area contributed by atoms with Crippen LogP contribution in [0.4, 0.5) is 10.1 Å². The molecule has 0 atom stereocenters. The van der Waals surface area contributed by atoms with Gasteiger partial charge in [-0.1, -0.05) is 35.0 Å². The highest BCUT2D eigenvalue weighted by atomic mass is 35.5. The number of aryl methyl sites for hydroxylation is 2. The summed E-state index contributed by atoms with van der Waals surface area (Å²) in [5.74, 6) is -0.178. The van der Waals surface area contributed by atoms with Crippen LogP contribution >= 0.6 is 11.6 Å². The van der Waals surface area contributed by atoms with Crippen molar-refractivity contribution in [3.05, 3.63) is 82.7 Å². The third kappa shape index (κ3) is 3.79. The molecule has 0 saturated heterocycles. The van der Waals surface area contributed by atoms with E-state index >= 15 is 0 Å². The average molecular weight is 423 g/mol. The molecule has 0 radical (unpaired) electrons. The zero-order valence-corrected chi connectivity index (χ0v) is 16.9. The second kappa shape index (κ2) is 8.04. The number of benzene rings is 2. The Morgan fingerprint density at radius 2 is 1.93 bits per heavy atom. The summed E-state index contributed by atoms with van der Waals surface area (Å²) >= 11 is 6.15. The number of aromatic nitrogens is 3. The Bertz CT molecular complexity index is 1240. The molecule has 0 spiro atoms. The van der Waals surface area contributed by atoms with E-state index in [1.807, 2.05) is 6.07 Å². The number of carbonyl (C=O) groups excluding carboxylic acids is 1. The Morgan fingerprint density at radius 1 is 1.13 bits per heavy atom. The molecule has 0 aliphatic heterocycles. The van der Waals surface area contributed by atoms with Gasteiger partial charge in [0.25, 0.3) is 5.91 Å². The third-order valence-electron chi connectivity index (χ3n) is 4.48. The number of nitrogens with zero attached hydrogens (tertiary/aromatic N) is 3. The van der Waals surface area contributed by atoms with Gasteiger partial charge in [0.2, 0.25) is 0 Å². The molecule has 2 heterocycles. The quantitative estimate of drug-likeness (QED) is 0.472. The predicted molar refractivity (Wildman–Crippen MR) is 112 cm³/mol. The van der Waals surface area contributed by atoms with Gasteiger partial charge in [-0.2, -0.15) is 0 Å². The molecule has 0 bridgehead atoms. The first-order valence-electron chi connectivity index (χ1n) is 9.06. The van der Waals surface area contributed by atoms with Crippen molar-refractivity contribution in [1.82, 2.24) is 15.1 Å². The molecule has 0 saturated carbocycles. The maximum atomic E-state index is 14.4. The summed E-state index contributed by atoms with van der Waals surface area (Å²) in [7, 11) is 0. The van der Waals surface area contributed by atoms with Crippen LogP contribution in [-0.2, 0) is 0 Å². The summed E-state index contributed by atoms with van der Waals surface area (Å²) in [6.07, 6.45) is 1.67. The average Bonchev–Trinajstić information content (AvgIpc) is 3.09. The van der Waals surface area contributed by atoms with Crippen LogP contribution < -0.4 is 5.32 Å². The van der Waals surface area contributed by atoms with E-state index in [1.165, 1.54) is 18.2 Å². The fourth-order valence-corrected chi connectivity index (χ4v) is 3.35. The minimum Gasteiger partial charge on any atom is -0.360 e. The number of hydrogen-bond acceptors (Lipinski definition) is 5. The molecule has 30 heavy (non-hydrogen) atoms. The fraction of sp³-hybridized carbons (Fsp3) is 0.0909. The molecular weight excluding hydrogens is 407 g/mol. The van der Waals surface area contributed by atoms with Gasteiger partial charge in [0.05, 0.1) is 16.3 Å². The topological polar surface area (TPSA) is 80.9 Å². The van der Waals surface area contributed by atoms with Crippen LogP contribution in [0.3, 0.4) is 0 Å². The highest BCUT2D eigenvalue weighted by Crippen LogP contribution is 2.34. The summed E-state index contributed by atoms with van der Waals surface area (Å²) in [4.78, 5) is 21.5. The van der Waals surface area contributed by atoms with Crippen LogP contribution in [0.15, 0.2) is 59.3 Å². The molecule has 4 rings (SSSR count). The van der Waals surface area contributed by atoms with Crippen LogP contribution in [0.1, 0.15) is 21.9 Å². The van der Waals surface area contributed by atoms with E-state index < -0.39 is 11.7 Å². The van der Waals surface area contributed by atoms with Crippen molar-refractivity contribution in [1.29, 1.82) is 0 Å². The van der Waals surface area contributed by atoms with E-state index in [2.05, 4.69) is 20.4 Å². The number of carbonyl (C=O) groups is 1. The van der Waals surface area contributed by atoms with E-state index in [1.54, 1.807) is 44.3 Å². The largest absolute Gasteiger partial charge is 0.360 e. The Kier molecular flexibility index (Phi) is 5.29. The normalized spacial score (nSPS) is 10.8. The van der Waals surface area contributed by atoms with Gasteiger partial charge >= 0.3 is 0 Å². The molecule has 1 amide bonds. The summed E-state index contributed by atoms with van der Waals surface area (Å²) in [5, 5.41) is 6.82. The van der Waals surface area contributed by atoms with Gasteiger partial charge in [-0.15, -0.1) is 0 Å². The first-order chi connectivity index (χ1) is 14.4. The predicted octanol–water partition coefficient (Wildman–Crippen LogP) is 5.46. The summed E-state index contributed by atoms with van der Waals surface area (Å²) in [6.45, 7) is 3.39. The molecule has 150 valence electrons. The van der Waals surface area contributed by atoms with Crippen LogP contribution in [0, 0.1) is 19.7 Å². The van der Waals surface area contributed by atoms with Gasteiger partial charge in [0.1, 0.15) is 28.7 Å². The Morgan fingerprint density at radius 3 is 2.70 bits per heavy atom. The number of rotatable bonds is 4. The van der Waals surface area contributed by atoms with Crippen molar-refractivity contribution >= 4 is 23.2 Å². The standard InChI is InChI=1S/C22H16ClFN4O2/c1-12-19(21(28-30-12)20-16(23)7-4-8-17(20)24)22(29)27-15-6-3-5-14(11-15)18-9-10-25-13(2)26-18/h3-11H,1-2H3,(H,27,29). The summed E-state index contributed by atoms with van der Waals surface area (Å²) in [6, 6.07) is 13.3. The van der Waals surface area contributed by atoms with Crippen LogP contribution in [0.25, 0.3) is 22.5 Å². The van der Waals surface area contributed by atoms with E-state index in [-0.39, 0.29) is 27.6 Å². The number of hydrogen-bond donors (Lipinski definition) is 1. The lowest BCUT2D eigenvalue weighted by Gasteiger charge is -2.09. The molecule has 8 heteroatoms. The van der Waals surface area contributed by atoms with E-state index in [0.29, 0.717) is 11.5 Å². The third-order valence-corrected chi connectivity index (χ3v) is 4.80. The van der Waals surface area contributed by atoms with Gasteiger partial charge in [-0.3, -0.25) is 4.79 Å². The van der Waals surface area contributed by atoms with Gasteiger partial charge in [0.15, 0.2) is 0 Å². The fourth-order valence-electron chi connectivity index (χ4n) is 3.10. The van der Waals surface area contributed by atoms with Gasteiger partial charge < -0.3 is 9.84 Å². The Labute approximate surface area is 176 Å². The van der Waals surface area contributed by atoms with Crippen molar-refractivity contribution in [2.45, 2.75) is 13.8 Å². The van der Waals surface area contributed by atoms with E-state index in [9.17, 15) is 9.18 Å². The first kappa shape index (κ1) is 19.7. The van der Waals surface area contributed by atoms with Gasteiger partial charge in [0, 0.05) is 17.4 Å². The van der Waals surface area contributed by atoms with E-state index in [0.717, 1.165) is 11.3 Å². The van der Waals surface area contributed by atoms with Gasteiger partial charge in [-0.05, 0) is 44.2 Å². The van der Waals surface area contributed by atoms with Crippen molar-refractivity contribution in [2.75, 3.05) is 5.32 Å². The molecule has 2 aromatic carbocycles. The van der Waals surface area contributed by atoms with Crippen molar-refractivity contribution in [3.63, 3.8) is 0 Å². The Hall–Kier alpha value is -3.58. The molecule has 0 aliphatic rings. The maximum Gasteiger partial charge on any atom is 0.261 e. The zero-order valence-electron chi connectivity index (χ0n) is 16.1. The van der Waals surface area contributed by atoms with Crippen molar-refractivity contribution in [3.8, 4) is 22.5 Å². The lowest BCUT2D eigenvalue weighted by atomic mass is 10.0. The highest BCUT2D eigenvalue weighted by Gasteiger charge is 2.25. The second-order valence-electron chi connectivity index (χ2n) is 6.58. The maximum absolute atomic E-state index is 14.4. The van der Waals surface area contributed by atoms with Crippen molar-refractivity contribution in [2.24, 2.45) is 0 Å². The minimum atomic E-state index is -0.592. The van der Waals surface area contributed by atoms with Crippen LogP contribution in [0.5, 0.6) is 0 Å². The molecule has 2 aromatic heterocycles. The SMILES string of the molecule is Cc1nccc(-c2cccc(NC(=O)c3c(-c4c(F)cccc4Cl)noc3C)c2)n1. The number of nitrogens with one attached hydrogen (secondary N) is 1. The van der Waals surface area contributed by atoms with Crippen LogP contribution in [-0.4, -0.2) is 21.0 Å². The molecule has 0 fully saturated rings. The zero-order chi connectivity index (χ0) is 21.3. The lowest BCUT2D eigenvalue weighted by Crippen LogP contribution is -2.13. The minimum absolute atomic E-state index is 0.0198. The molecular formula is C22H16ClFN4O2. The Balaban J connectivity index is 1.68. The van der Waals surface area contributed by atoms with Crippen LogP contribution in [0.2, 0.25) is 5.02 Å². The smallest absolute Gasteiger partial charge is 0.261 e. The summed E-state index contributed by atoms with van der Waals surface area (Å²) < 4.78 is 19.6. The molecule has 0 aliphatic carbocycles.